The van der Waals surface area contributed by atoms with Gasteiger partial charge in [-0.05, 0) is 50.1 Å². The number of hydrogen-bond acceptors (Lipinski definition) is 3. The van der Waals surface area contributed by atoms with Crippen LogP contribution >= 0.6 is 43.2 Å². The van der Waals surface area contributed by atoms with Crippen LogP contribution in [0.4, 0.5) is 0 Å². The predicted octanol–water partition coefficient (Wildman–Crippen LogP) is 5.72. The monoisotopic (exact) mass is 449 g/mol. The summed E-state index contributed by atoms with van der Waals surface area (Å²) >= 11 is 8.14. The molecule has 0 aromatic carbocycles. The summed E-state index contributed by atoms with van der Waals surface area (Å²) < 4.78 is 1.47. The third-order valence-electron chi connectivity index (χ3n) is 4.06. The minimum Gasteiger partial charge on any atom is -0.274 e. The number of nitrogens with zero attached hydrogens (tertiary/aromatic N) is 1. The normalized spacial score (nSPS) is 15.8. The van der Waals surface area contributed by atoms with Crippen LogP contribution in [0.15, 0.2) is 7.57 Å². The molecule has 1 unspecified atom stereocenters. The maximum absolute atomic E-state index is 12.4. The van der Waals surface area contributed by atoms with Crippen molar-refractivity contribution in [3.8, 4) is 0 Å². The van der Waals surface area contributed by atoms with Crippen LogP contribution < -0.4 is 0 Å². The van der Waals surface area contributed by atoms with Crippen molar-refractivity contribution in [2.24, 2.45) is 11.8 Å². The SMILES string of the molecule is CC(C)CCCC(C)CCN1C(=O)c2c(Br)sc(Br)c2C1=O. The van der Waals surface area contributed by atoms with Crippen molar-refractivity contribution in [1.82, 2.24) is 4.90 Å². The van der Waals surface area contributed by atoms with Gasteiger partial charge >= 0.3 is 0 Å². The molecule has 0 spiro atoms. The molecular weight excluding hydrogens is 430 g/mol. The van der Waals surface area contributed by atoms with E-state index in [1.807, 2.05) is 0 Å². The first kappa shape index (κ1) is 18.1. The number of imide groups is 1. The summed E-state index contributed by atoms with van der Waals surface area (Å²) in [4.78, 5) is 26.2. The standard InChI is InChI=1S/C16H21Br2NO2S/c1-9(2)5-4-6-10(3)7-8-19-15(20)11-12(16(19)21)14(18)22-13(11)17/h9-10H,4-8H2,1-3H3. The van der Waals surface area contributed by atoms with Crippen molar-refractivity contribution < 1.29 is 9.59 Å². The third-order valence-corrected chi connectivity index (χ3v) is 6.60. The van der Waals surface area contributed by atoms with Crippen LogP contribution in [-0.2, 0) is 0 Å². The van der Waals surface area contributed by atoms with Gasteiger partial charge in [0.05, 0.1) is 18.7 Å². The van der Waals surface area contributed by atoms with Crippen molar-refractivity contribution in [1.29, 1.82) is 0 Å². The van der Waals surface area contributed by atoms with Crippen molar-refractivity contribution in [2.75, 3.05) is 6.54 Å². The molecule has 122 valence electrons. The lowest BCUT2D eigenvalue weighted by molar-refractivity contribution is 0.0645. The first-order valence-corrected chi connectivity index (χ1v) is 10.1. The Balaban J connectivity index is 1.91. The maximum Gasteiger partial charge on any atom is 0.263 e. The molecule has 1 aliphatic heterocycles. The van der Waals surface area contributed by atoms with E-state index in [4.69, 9.17) is 0 Å². The van der Waals surface area contributed by atoms with E-state index in [-0.39, 0.29) is 11.8 Å². The zero-order valence-corrected chi connectivity index (χ0v) is 17.1. The summed E-state index contributed by atoms with van der Waals surface area (Å²) in [5, 5.41) is 0. The second-order valence-corrected chi connectivity index (χ2v) is 10.0. The van der Waals surface area contributed by atoms with E-state index in [2.05, 4.69) is 52.6 Å². The second kappa shape index (κ2) is 7.58. The molecular formula is C16H21Br2NO2S. The van der Waals surface area contributed by atoms with Gasteiger partial charge in [-0.25, -0.2) is 0 Å². The molecule has 1 aromatic heterocycles. The Bertz CT molecular complexity index is 546. The highest BCUT2D eigenvalue weighted by atomic mass is 79.9. The van der Waals surface area contributed by atoms with Crippen molar-refractivity contribution >= 4 is 55.0 Å². The summed E-state index contributed by atoms with van der Waals surface area (Å²) in [6, 6.07) is 0. The Morgan fingerprint density at radius 3 is 2.00 bits per heavy atom. The Labute approximate surface area is 152 Å². The number of fused-ring (bicyclic) bond motifs is 1. The fourth-order valence-corrected chi connectivity index (χ4v) is 5.79. The molecule has 0 radical (unpaired) electrons. The summed E-state index contributed by atoms with van der Waals surface area (Å²) in [6.07, 6.45) is 4.48. The molecule has 1 aliphatic rings. The Kier molecular flexibility index (Phi) is 6.25. The summed E-state index contributed by atoms with van der Waals surface area (Å²) in [6.45, 7) is 7.19. The predicted molar refractivity (Wildman–Crippen MR) is 97.6 cm³/mol. The molecule has 0 bridgehead atoms. The van der Waals surface area contributed by atoms with Gasteiger partial charge in [-0.2, -0.15) is 0 Å². The molecule has 1 atom stereocenters. The Hall–Kier alpha value is -0.200. The molecule has 0 saturated carbocycles. The number of amides is 2. The third kappa shape index (κ3) is 3.82. The van der Waals surface area contributed by atoms with E-state index < -0.39 is 0 Å². The van der Waals surface area contributed by atoms with Gasteiger partial charge in [-0.1, -0.05) is 40.0 Å². The molecule has 2 rings (SSSR count). The molecule has 0 aliphatic carbocycles. The van der Waals surface area contributed by atoms with Crippen molar-refractivity contribution in [3.05, 3.63) is 18.7 Å². The Morgan fingerprint density at radius 2 is 1.50 bits per heavy atom. The van der Waals surface area contributed by atoms with E-state index in [1.54, 1.807) is 0 Å². The maximum atomic E-state index is 12.4. The molecule has 22 heavy (non-hydrogen) atoms. The average molecular weight is 451 g/mol. The fraction of sp³-hybridized carbons (Fsp3) is 0.625. The molecule has 6 heteroatoms. The second-order valence-electron chi connectivity index (χ2n) is 6.38. The van der Waals surface area contributed by atoms with Gasteiger partial charge in [0.1, 0.15) is 0 Å². The van der Waals surface area contributed by atoms with Crippen molar-refractivity contribution in [3.63, 3.8) is 0 Å². The van der Waals surface area contributed by atoms with Gasteiger partial charge in [0, 0.05) is 6.54 Å². The number of rotatable bonds is 7. The zero-order valence-electron chi connectivity index (χ0n) is 13.1. The van der Waals surface area contributed by atoms with Gasteiger partial charge in [0.15, 0.2) is 0 Å². The number of carbonyl (C=O) groups excluding carboxylic acids is 2. The van der Waals surface area contributed by atoms with Gasteiger partial charge < -0.3 is 0 Å². The first-order valence-electron chi connectivity index (χ1n) is 7.66. The van der Waals surface area contributed by atoms with Crippen LogP contribution in [0.3, 0.4) is 0 Å². The molecule has 2 heterocycles. The van der Waals surface area contributed by atoms with E-state index in [0.717, 1.165) is 26.3 Å². The highest BCUT2D eigenvalue weighted by molar-refractivity contribution is 9.12. The van der Waals surface area contributed by atoms with Crippen LogP contribution in [-0.4, -0.2) is 23.3 Å². The van der Waals surface area contributed by atoms with Crippen LogP contribution in [0.5, 0.6) is 0 Å². The summed E-state index contributed by atoms with van der Waals surface area (Å²) in [7, 11) is 0. The smallest absolute Gasteiger partial charge is 0.263 e. The van der Waals surface area contributed by atoms with Crippen LogP contribution in [0.1, 0.15) is 67.2 Å². The van der Waals surface area contributed by atoms with Gasteiger partial charge in [-0.3, -0.25) is 14.5 Å². The topological polar surface area (TPSA) is 37.4 Å². The highest BCUT2D eigenvalue weighted by Crippen LogP contribution is 2.42. The summed E-state index contributed by atoms with van der Waals surface area (Å²) in [5.74, 6) is 0.940. The van der Waals surface area contributed by atoms with E-state index in [1.165, 1.54) is 29.1 Å². The summed E-state index contributed by atoms with van der Waals surface area (Å²) in [5.41, 5.74) is 1.05. The number of halogens is 2. The quantitative estimate of drug-likeness (QED) is 0.498. The van der Waals surface area contributed by atoms with Gasteiger partial charge in [0.25, 0.3) is 11.8 Å². The number of hydrogen-bond donors (Lipinski definition) is 0. The molecule has 1 aromatic rings. The fourth-order valence-electron chi connectivity index (χ4n) is 2.69. The van der Waals surface area contributed by atoms with Gasteiger partial charge in [0.2, 0.25) is 0 Å². The minimum absolute atomic E-state index is 0.164. The molecule has 2 amide bonds. The first-order chi connectivity index (χ1) is 10.3. The lowest BCUT2D eigenvalue weighted by Crippen LogP contribution is -2.31. The Morgan fingerprint density at radius 1 is 0.955 bits per heavy atom. The highest BCUT2D eigenvalue weighted by Gasteiger charge is 2.40. The van der Waals surface area contributed by atoms with Gasteiger partial charge in [-0.15, -0.1) is 11.3 Å². The molecule has 0 saturated heterocycles. The van der Waals surface area contributed by atoms with Crippen molar-refractivity contribution in [2.45, 2.75) is 46.5 Å². The van der Waals surface area contributed by atoms with Crippen LogP contribution in [0, 0.1) is 11.8 Å². The molecule has 0 fully saturated rings. The van der Waals surface area contributed by atoms with E-state index in [0.29, 0.717) is 23.6 Å². The zero-order chi connectivity index (χ0) is 16.4. The number of thiophene rings is 1. The number of carbonyl (C=O) groups is 2. The largest absolute Gasteiger partial charge is 0.274 e. The van der Waals surface area contributed by atoms with E-state index in [9.17, 15) is 9.59 Å². The van der Waals surface area contributed by atoms with E-state index >= 15 is 0 Å². The minimum atomic E-state index is -0.164. The van der Waals surface area contributed by atoms with Crippen LogP contribution in [0.2, 0.25) is 0 Å². The average Bonchev–Trinajstić information content (AvgIpc) is 2.85. The molecule has 0 N–H and O–H groups in total. The lowest BCUT2D eigenvalue weighted by atomic mass is 9.97. The lowest BCUT2D eigenvalue weighted by Gasteiger charge is -2.18. The molecule has 3 nitrogen and oxygen atoms in total. The van der Waals surface area contributed by atoms with Crippen LogP contribution in [0.25, 0.3) is 0 Å².